The van der Waals surface area contributed by atoms with E-state index in [1.165, 1.54) is 11.8 Å². The van der Waals surface area contributed by atoms with E-state index in [2.05, 4.69) is 22.1 Å². The Hall–Kier alpha value is -3.06. The average Bonchev–Trinajstić information content (AvgIpc) is 3.06. The minimum Gasteiger partial charge on any atom is -0.507 e. The highest BCUT2D eigenvalue weighted by Gasteiger charge is 2.17. The van der Waals surface area contributed by atoms with Crippen molar-refractivity contribution in [3.63, 3.8) is 0 Å². The highest BCUT2D eigenvalue weighted by atomic mass is 32.2. The van der Waals surface area contributed by atoms with Gasteiger partial charge in [-0.1, -0.05) is 42.1 Å². The molecule has 3 aromatic rings. The quantitative estimate of drug-likeness (QED) is 0.464. The number of phenols is 1. The number of phenolic OH excluding ortho intramolecular Hbond substituents is 1. The Kier molecular flexibility index (Phi) is 6.16. The lowest BCUT2D eigenvalue weighted by Crippen LogP contribution is -2.15. The minimum atomic E-state index is -0.115. The van der Waals surface area contributed by atoms with E-state index in [9.17, 15) is 9.90 Å². The van der Waals surface area contributed by atoms with Crippen LogP contribution in [-0.4, -0.2) is 31.5 Å². The van der Waals surface area contributed by atoms with Gasteiger partial charge in [-0.05, 0) is 43.2 Å². The molecule has 0 atom stereocenters. The monoisotopic (exact) mass is 394 g/mol. The second-order valence-electron chi connectivity index (χ2n) is 6.38. The van der Waals surface area contributed by atoms with Crippen molar-refractivity contribution in [2.24, 2.45) is 0 Å². The summed E-state index contributed by atoms with van der Waals surface area (Å²) in [5.41, 5.74) is 3.50. The molecule has 0 bridgehead atoms. The second kappa shape index (κ2) is 8.75. The normalized spacial score (nSPS) is 10.6. The summed E-state index contributed by atoms with van der Waals surface area (Å²) in [5.74, 6) is 0.750. The predicted molar refractivity (Wildman–Crippen MR) is 113 cm³/mol. The van der Waals surface area contributed by atoms with Crippen LogP contribution in [0.15, 0.2) is 60.3 Å². The zero-order valence-electron chi connectivity index (χ0n) is 15.8. The van der Waals surface area contributed by atoms with Gasteiger partial charge in [0.2, 0.25) is 5.91 Å². The minimum absolute atomic E-state index is 0.115. The number of para-hydroxylation sites is 1. The third-order valence-corrected chi connectivity index (χ3v) is 5.14. The molecule has 0 aliphatic heterocycles. The van der Waals surface area contributed by atoms with Crippen LogP contribution in [-0.2, 0) is 11.3 Å². The second-order valence-corrected chi connectivity index (χ2v) is 7.32. The number of thioether (sulfide) groups is 1. The fourth-order valence-electron chi connectivity index (χ4n) is 2.74. The molecule has 7 heteroatoms. The summed E-state index contributed by atoms with van der Waals surface area (Å²) in [6.45, 7) is 8.19. The van der Waals surface area contributed by atoms with Crippen molar-refractivity contribution in [3.8, 4) is 17.1 Å². The van der Waals surface area contributed by atoms with E-state index < -0.39 is 0 Å². The van der Waals surface area contributed by atoms with Crippen LogP contribution < -0.4 is 5.32 Å². The number of carbonyl (C=O) groups excluding carboxylic acids is 1. The van der Waals surface area contributed by atoms with Gasteiger partial charge >= 0.3 is 0 Å². The Morgan fingerprint density at radius 1 is 1.25 bits per heavy atom. The summed E-state index contributed by atoms with van der Waals surface area (Å²) in [5, 5.41) is 22.1. The van der Waals surface area contributed by atoms with Crippen LogP contribution >= 0.6 is 11.8 Å². The number of aromatic nitrogens is 3. The largest absolute Gasteiger partial charge is 0.507 e. The van der Waals surface area contributed by atoms with Gasteiger partial charge in [-0.15, -0.1) is 16.8 Å². The van der Waals surface area contributed by atoms with Gasteiger partial charge in [0.05, 0.1) is 11.3 Å². The Morgan fingerprint density at radius 2 is 2.04 bits per heavy atom. The smallest absolute Gasteiger partial charge is 0.234 e. The van der Waals surface area contributed by atoms with Crippen LogP contribution in [0.1, 0.15) is 11.1 Å². The topological polar surface area (TPSA) is 80.0 Å². The Bertz CT molecular complexity index is 1010. The molecule has 1 amide bonds. The van der Waals surface area contributed by atoms with E-state index >= 15 is 0 Å². The molecule has 0 saturated carbocycles. The maximum atomic E-state index is 12.4. The molecule has 144 valence electrons. The number of allylic oxidation sites excluding steroid dienone is 1. The van der Waals surface area contributed by atoms with Crippen molar-refractivity contribution < 1.29 is 9.90 Å². The maximum absolute atomic E-state index is 12.4. The van der Waals surface area contributed by atoms with Crippen LogP contribution in [0.2, 0.25) is 0 Å². The molecule has 6 nitrogen and oxygen atoms in total. The molecule has 0 saturated heterocycles. The van der Waals surface area contributed by atoms with Crippen molar-refractivity contribution in [2.45, 2.75) is 25.5 Å². The molecule has 0 spiro atoms. The number of rotatable bonds is 7. The molecule has 28 heavy (non-hydrogen) atoms. The molecule has 0 radical (unpaired) electrons. The highest BCUT2D eigenvalue weighted by Crippen LogP contribution is 2.30. The first-order valence-corrected chi connectivity index (χ1v) is 9.80. The van der Waals surface area contributed by atoms with E-state index in [1.807, 2.05) is 42.7 Å². The average molecular weight is 395 g/mol. The lowest BCUT2D eigenvalue weighted by molar-refractivity contribution is -0.113. The molecule has 1 aromatic heterocycles. The molecule has 3 rings (SSSR count). The fraction of sp³-hybridized carbons (Fsp3) is 0.190. The number of amides is 1. The summed E-state index contributed by atoms with van der Waals surface area (Å²) in [6.07, 6.45) is 1.73. The first-order chi connectivity index (χ1) is 13.5. The summed E-state index contributed by atoms with van der Waals surface area (Å²) in [7, 11) is 0. The number of aromatic hydroxyl groups is 1. The van der Waals surface area contributed by atoms with Crippen molar-refractivity contribution in [1.82, 2.24) is 14.8 Å². The van der Waals surface area contributed by atoms with E-state index in [-0.39, 0.29) is 17.4 Å². The Balaban J connectivity index is 1.75. The molecule has 2 N–H and O–H groups in total. The van der Waals surface area contributed by atoms with Crippen molar-refractivity contribution >= 4 is 23.4 Å². The molecule has 2 aromatic carbocycles. The number of benzene rings is 2. The molecular formula is C21H22N4O2S. The number of nitrogens with zero attached hydrogens (tertiary/aromatic N) is 3. The van der Waals surface area contributed by atoms with Crippen molar-refractivity contribution in [3.05, 3.63) is 66.2 Å². The molecule has 0 aliphatic rings. The summed E-state index contributed by atoms with van der Waals surface area (Å²) >= 11 is 1.29. The van der Waals surface area contributed by atoms with Gasteiger partial charge in [-0.25, -0.2) is 0 Å². The zero-order chi connectivity index (χ0) is 20.1. The zero-order valence-corrected chi connectivity index (χ0v) is 16.7. The van der Waals surface area contributed by atoms with E-state index in [4.69, 9.17) is 0 Å². The molecule has 0 unspecified atom stereocenters. The SMILES string of the molecule is C=CCn1c(SCC(=O)Nc2cc(C)ccc2C)nnc1-c1ccccc1O. The van der Waals surface area contributed by atoms with E-state index in [0.717, 1.165) is 16.8 Å². The highest BCUT2D eigenvalue weighted by molar-refractivity contribution is 7.99. The third-order valence-electron chi connectivity index (χ3n) is 4.17. The van der Waals surface area contributed by atoms with Crippen LogP contribution in [0.5, 0.6) is 5.75 Å². The maximum Gasteiger partial charge on any atom is 0.234 e. The predicted octanol–water partition coefficient (Wildman–Crippen LogP) is 4.18. The fourth-order valence-corrected chi connectivity index (χ4v) is 3.49. The number of hydrogen-bond acceptors (Lipinski definition) is 5. The number of anilines is 1. The van der Waals surface area contributed by atoms with Crippen molar-refractivity contribution in [2.75, 3.05) is 11.1 Å². The Morgan fingerprint density at radius 3 is 2.79 bits per heavy atom. The van der Waals surface area contributed by atoms with Gasteiger partial charge in [-0.2, -0.15) is 0 Å². The molecular weight excluding hydrogens is 372 g/mol. The van der Waals surface area contributed by atoms with Crippen LogP contribution in [0, 0.1) is 13.8 Å². The van der Waals surface area contributed by atoms with Crippen LogP contribution in [0.25, 0.3) is 11.4 Å². The third kappa shape index (κ3) is 4.43. The summed E-state index contributed by atoms with van der Waals surface area (Å²) in [4.78, 5) is 12.4. The molecule has 0 aliphatic carbocycles. The van der Waals surface area contributed by atoms with Gasteiger partial charge in [0.25, 0.3) is 0 Å². The number of hydrogen-bond donors (Lipinski definition) is 2. The van der Waals surface area contributed by atoms with Gasteiger partial charge < -0.3 is 10.4 Å². The van der Waals surface area contributed by atoms with Gasteiger partial charge in [0, 0.05) is 12.2 Å². The van der Waals surface area contributed by atoms with Crippen LogP contribution in [0.3, 0.4) is 0 Å². The Labute approximate surface area is 168 Å². The van der Waals surface area contributed by atoms with E-state index in [0.29, 0.717) is 23.1 Å². The lowest BCUT2D eigenvalue weighted by Gasteiger charge is -2.10. The number of aryl methyl sites for hydroxylation is 2. The first kappa shape index (κ1) is 19.7. The standard InChI is InChI=1S/C21H22N4O2S/c1-4-11-25-20(16-7-5-6-8-18(16)26)23-24-21(25)28-13-19(27)22-17-12-14(2)9-10-15(17)3/h4-10,12,26H,1,11,13H2,2-3H3,(H,22,27). The number of nitrogens with one attached hydrogen (secondary N) is 1. The summed E-state index contributed by atoms with van der Waals surface area (Å²) < 4.78 is 1.83. The van der Waals surface area contributed by atoms with Gasteiger partial charge in [0.15, 0.2) is 11.0 Å². The molecule has 0 fully saturated rings. The van der Waals surface area contributed by atoms with Gasteiger partial charge in [0.1, 0.15) is 5.75 Å². The van der Waals surface area contributed by atoms with E-state index in [1.54, 1.807) is 24.3 Å². The first-order valence-electron chi connectivity index (χ1n) is 8.82. The summed E-state index contributed by atoms with van der Waals surface area (Å²) in [6, 6.07) is 12.9. The van der Waals surface area contributed by atoms with Crippen molar-refractivity contribution in [1.29, 1.82) is 0 Å². The number of carbonyl (C=O) groups is 1. The molecule has 1 heterocycles. The van der Waals surface area contributed by atoms with Crippen LogP contribution in [0.4, 0.5) is 5.69 Å². The lowest BCUT2D eigenvalue weighted by atomic mass is 10.1. The van der Waals surface area contributed by atoms with Gasteiger partial charge in [-0.3, -0.25) is 9.36 Å².